The van der Waals surface area contributed by atoms with Crippen LogP contribution in [-0.4, -0.2) is 22.3 Å². The lowest BCUT2D eigenvalue weighted by atomic mass is 9.99. The zero-order valence-electron chi connectivity index (χ0n) is 14.5. The van der Waals surface area contributed by atoms with Gasteiger partial charge in [-0.3, -0.25) is 4.79 Å². The van der Waals surface area contributed by atoms with Gasteiger partial charge >= 0.3 is 0 Å². The van der Waals surface area contributed by atoms with Gasteiger partial charge in [-0.1, -0.05) is 30.3 Å². The van der Waals surface area contributed by atoms with Gasteiger partial charge in [-0.2, -0.15) is 0 Å². The molecule has 27 heavy (non-hydrogen) atoms. The number of rotatable bonds is 3. The summed E-state index contributed by atoms with van der Waals surface area (Å²) in [7, 11) is 0. The van der Waals surface area contributed by atoms with Gasteiger partial charge in [-0.05, 0) is 41.8 Å². The van der Waals surface area contributed by atoms with E-state index in [4.69, 9.17) is 0 Å². The number of anilines is 2. The molecule has 2 aromatic carbocycles. The number of carbonyl (C=O) groups is 1. The van der Waals surface area contributed by atoms with Crippen LogP contribution < -0.4 is 5.32 Å². The third-order valence-corrected chi connectivity index (χ3v) is 4.64. The van der Waals surface area contributed by atoms with E-state index < -0.39 is 11.6 Å². The van der Waals surface area contributed by atoms with Crippen molar-refractivity contribution in [2.45, 2.75) is 13.0 Å². The van der Waals surface area contributed by atoms with Gasteiger partial charge in [-0.25, -0.2) is 13.8 Å². The predicted molar refractivity (Wildman–Crippen MR) is 98.8 cm³/mol. The van der Waals surface area contributed by atoms with Crippen LogP contribution in [0.2, 0.25) is 0 Å². The van der Waals surface area contributed by atoms with Crippen molar-refractivity contribution in [2.75, 3.05) is 11.9 Å². The Morgan fingerprint density at radius 1 is 0.963 bits per heavy atom. The highest BCUT2D eigenvalue weighted by atomic mass is 19.1. The number of para-hydroxylation sites is 1. The standard InChI is InChI=1S/C21H17F2N3O/c22-17-6-3-7-18(23)20(17)25-19-9-8-15(12-24-19)21(27)26-11-10-14-4-1-2-5-16(14)13-26/h1-9,12H,10-11,13H2,(H,24,25). The molecular weight excluding hydrogens is 348 g/mol. The van der Waals surface area contributed by atoms with E-state index in [1.165, 1.54) is 23.9 Å². The van der Waals surface area contributed by atoms with Crippen molar-refractivity contribution in [2.24, 2.45) is 0 Å². The number of fused-ring (bicyclic) bond motifs is 1. The van der Waals surface area contributed by atoms with Crippen molar-refractivity contribution in [1.82, 2.24) is 9.88 Å². The first kappa shape index (κ1) is 17.1. The van der Waals surface area contributed by atoms with Crippen LogP contribution in [0.15, 0.2) is 60.8 Å². The molecule has 1 aliphatic heterocycles. The summed E-state index contributed by atoms with van der Waals surface area (Å²) in [5.41, 5.74) is 2.59. The zero-order valence-corrected chi connectivity index (χ0v) is 14.5. The highest BCUT2D eigenvalue weighted by Crippen LogP contribution is 2.23. The van der Waals surface area contributed by atoms with Crippen LogP contribution in [0, 0.1) is 11.6 Å². The summed E-state index contributed by atoms with van der Waals surface area (Å²) in [5.74, 6) is -1.26. The highest BCUT2D eigenvalue weighted by Gasteiger charge is 2.21. The Bertz CT molecular complexity index is 969. The molecule has 4 nitrogen and oxygen atoms in total. The van der Waals surface area contributed by atoms with Crippen molar-refractivity contribution < 1.29 is 13.6 Å². The molecule has 6 heteroatoms. The second-order valence-corrected chi connectivity index (χ2v) is 6.40. The van der Waals surface area contributed by atoms with Gasteiger partial charge in [0.05, 0.1) is 5.56 Å². The number of carbonyl (C=O) groups excluding carboxylic acids is 1. The minimum atomic E-state index is -0.705. The minimum Gasteiger partial charge on any atom is -0.335 e. The summed E-state index contributed by atoms with van der Waals surface area (Å²) in [6.45, 7) is 1.21. The normalized spacial score (nSPS) is 13.2. The van der Waals surface area contributed by atoms with E-state index in [9.17, 15) is 13.6 Å². The van der Waals surface area contributed by atoms with Gasteiger partial charge in [0.25, 0.3) is 5.91 Å². The van der Waals surface area contributed by atoms with Crippen LogP contribution in [0.25, 0.3) is 0 Å². The quantitative estimate of drug-likeness (QED) is 0.753. The van der Waals surface area contributed by atoms with E-state index in [1.807, 2.05) is 18.2 Å². The number of nitrogens with one attached hydrogen (secondary N) is 1. The number of halogens is 2. The van der Waals surface area contributed by atoms with Crippen molar-refractivity contribution in [3.8, 4) is 0 Å². The summed E-state index contributed by atoms with van der Waals surface area (Å²) in [6, 6.07) is 14.9. The Kier molecular flexibility index (Phi) is 4.54. The van der Waals surface area contributed by atoms with E-state index in [1.54, 1.807) is 11.0 Å². The average molecular weight is 365 g/mol. The number of nitrogens with zero attached hydrogens (tertiary/aromatic N) is 2. The molecule has 1 N–H and O–H groups in total. The van der Waals surface area contributed by atoms with Crippen LogP contribution in [-0.2, 0) is 13.0 Å². The molecule has 0 fully saturated rings. The zero-order chi connectivity index (χ0) is 18.8. The van der Waals surface area contributed by atoms with E-state index in [0.29, 0.717) is 18.7 Å². The van der Waals surface area contributed by atoms with Gasteiger partial charge in [0.1, 0.15) is 23.1 Å². The smallest absolute Gasteiger partial charge is 0.255 e. The number of hydrogen-bond acceptors (Lipinski definition) is 3. The summed E-state index contributed by atoms with van der Waals surface area (Å²) in [5, 5.41) is 2.61. The molecule has 4 rings (SSSR count). The maximum Gasteiger partial charge on any atom is 0.255 e. The average Bonchev–Trinajstić information content (AvgIpc) is 2.70. The van der Waals surface area contributed by atoms with E-state index in [2.05, 4.69) is 16.4 Å². The van der Waals surface area contributed by atoms with Crippen molar-refractivity contribution in [3.63, 3.8) is 0 Å². The van der Waals surface area contributed by atoms with Crippen molar-refractivity contribution in [1.29, 1.82) is 0 Å². The van der Waals surface area contributed by atoms with Crippen LogP contribution in [0.4, 0.5) is 20.3 Å². The molecule has 0 saturated heterocycles. The molecule has 0 bridgehead atoms. The van der Waals surface area contributed by atoms with Gasteiger partial charge < -0.3 is 10.2 Å². The molecule has 1 aromatic heterocycles. The lowest BCUT2D eigenvalue weighted by molar-refractivity contribution is 0.0734. The monoisotopic (exact) mass is 365 g/mol. The first-order valence-electron chi connectivity index (χ1n) is 8.65. The van der Waals surface area contributed by atoms with Gasteiger partial charge in [0.2, 0.25) is 0 Å². The van der Waals surface area contributed by atoms with E-state index >= 15 is 0 Å². The number of hydrogen-bond donors (Lipinski definition) is 1. The van der Waals surface area contributed by atoms with E-state index in [0.717, 1.165) is 24.1 Å². The van der Waals surface area contributed by atoms with Gasteiger partial charge in [0.15, 0.2) is 0 Å². The molecule has 1 aliphatic rings. The second kappa shape index (κ2) is 7.15. The molecule has 2 heterocycles. The van der Waals surface area contributed by atoms with Crippen LogP contribution in [0.1, 0.15) is 21.5 Å². The Morgan fingerprint density at radius 3 is 2.41 bits per heavy atom. The Morgan fingerprint density at radius 2 is 1.70 bits per heavy atom. The molecule has 136 valence electrons. The second-order valence-electron chi connectivity index (χ2n) is 6.40. The maximum atomic E-state index is 13.7. The summed E-state index contributed by atoms with van der Waals surface area (Å²) >= 11 is 0. The third-order valence-electron chi connectivity index (χ3n) is 4.64. The number of amides is 1. The largest absolute Gasteiger partial charge is 0.335 e. The minimum absolute atomic E-state index is 0.111. The van der Waals surface area contributed by atoms with Crippen LogP contribution in [0.3, 0.4) is 0 Å². The molecule has 0 saturated carbocycles. The fourth-order valence-corrected chi connectivity index (χ4v) is 3.19. The molecule has 0 aliphatic carbocycles. The summed E-state index contributed by atoms with van der Waals surface area (Å²) in [4.78, 5) is 18.6. The number of benzene rings is 2. The predicted octanol–water partition coefficient (Wildman–Crippen LogP) is 4.30. The Balaban J connectivity index is 1.48. The molecule has 0 atom stereocenters. The first-order chi connectivity index (χ1) is 13.1. The van der Waals surface area contributed by atoms with E-state index in [-0.39, 0.29) is 17.4 Å². The van der Waals surface area contributed by atoms with Gasteiger partial charge in [-0.15, -0.1) is 0 Å². The Labute approximate surface area is 155 Å². The summed E-state index contributed by atoms with van der Waals surface area (Å²) in [6.07, 6.45) is 2.24. The number of aromatic nitrogens is 1. The third kappa shape index (κ3) is 3.51. The van der Waals surface area contributed by atoms with Crippen LogP contribution in [0.5, 0.6) is 0 Å². The molecule has 0 spiro atoms. The molecule has 0 unspecified atom stereocenters. The SMILES string of the molecule is O=C(c1ccc(Nc2c(F)cccc2F)nc1)N1CCc2ccccc2C1. The fourth-order valence-electron chi connectivity index (χ4n) is 3.19. The molecule has 0 radical (unpaired) electrons. The fraction of sp³-hybridized carbons (Fsp3) is 0.143. The lowest BCUT2D eigenvalue weighted by Crippen LogP contribution is -2.35. The number of pyridine rings is 1. The first-order valence-corrected chi connectivity index (χ1v) is 8.65. The molecule has 3 aromatic rings. The molecule has 1 amide bonds. The van der Waals surface area contributed by atoms with Crippen molar-refractivity contribution >= 4 is 17.4 Å². The maximum absolute atomic E-state index is 13.7. The lowest BCUT2D eigenvalue weighted by Gasteiger charge is -2.28. The topological polar surface area (TPSA) is 45.2 Å². The Hall–Kier alpha value is -3.28. The van der Waals surface area contributed by atoms with Crippen molar-refractivity contribution in [3.05, 3.63) is 89.1 Å². The van der Waals surface area contributed by atoms with Gasteiger partial charge in [0, 0.05) is 19.3 Å². The molecular formula is C21H17F2N3O. The van der Waals surface area contributed by atoms with Crippen LogP contribution >= 0.6 is 0 Å². The summed E-state index contributed by atoms with van der Waals surface area (Å²) < 4.78 is 27.4. The highest BCUT2D eigenvalue weighted by molar-refractivity contribution is 5.94.